The van der Waals surface area contributed by atoms with Crippen molar-refractivity contribution in [2.24, 2.45) is 0 Å². The van der Waals surface area contributed by atoms with Crippen molar-refractivity contribution < 1.29 is 19.3 Å². The molecular formula is C23H31NO4. The van der Waals surface area contributed by atoms with Gasteiger partial charge in [0.2, 0.25) is 0 Å². The molecule has 1 saturated heterocycles. The monoisotopic (exact) mass is 385 g/mol. The van der Waals surface area contributed by atoms with Crippen LogP contribution >= 0.6 is 0 Å². The largest absolute Gasteiger partial charge is 0.497 e. The highest BCUT2D eigenvalue weighted by Gasteiger charge is 2.21. The number of hydrogen-bond donors (Lipinski definition) is 1. The minimum atomic E-state index is -0.570. The number of nitrogens with zero attached hydrogens (tertiary/aromatic N) is 1. The summed E-state index contributed by atoms with van der Waals surface area (Å²) in [6, 6.07) is 15.9. The third-order valence-corrected chi connectivity index (χ3v) is 5.04. The van der Waals surface area contributed by atoms with Crippen molar-refractivity contribution >= 4 is 0 Å². The number of aryl methyl sites for hydroxylation is 1. The Labute approximate surface area is 167 Å². The van der Waals surface area contributed by atoms with Gasteiger partial charge in [-0.15, -0.1) is 0 Å². The molecule has 5 heteroatoms. The number of hydrogen-bond acceptors (Lipinski definition) is 5. The van der Waals surface area contributed by atoms with E-state index in [2.05, 4.69) is 17.0 Å². The third kappa shape index (κ3) is 6.23. The number of para-hydroxylation sites is 1. The van der Waals surface area contributed by atoms with Crippen LogP contribution in [0.25, 0.3) is 0 Å². The summed E-state index contributed by atoms with van der Waals surface area (Å²) >= 11 is 0. The lowest BCUT2D eigenvalue weighted by Gasteiger charge is -2.27. The van der Waals surface area contributed by atoms with E-state index in [1.807, 2.05) is 43.3 Å². The van der Waals surface area contributed by atoms with E-state index in [1.165, 1.54) is 5.56 Å². The molecule has 2 aromatic carbocycles. The summed E-state index contributed by atoms with van der Waals surface area (Å²) in [6.07, 6.45) is 1.86. The molecule has 0 saturated carbocycles. The summed E-state index contributed by atoms with van der Waals surface area (Å²) in [4.78, 5) is 2.25. The predicted octanol–water partition coefficient (Wildman–Crippen LogP) is 3.42. The van der Waals surface area contributed by atoms with E-state index in [0.717, 1.165) is 49.6 Å². The summed E-state index contributed by atoms with van der Waals surface area (Å²) in [5, 5.41) is 10.6. The quantitative estimate of drug-likeness (QED) is 0.679. The molecular weight excluding hydrogens is 354 g/mol. The zero-order chi connectivity index (χ0) is 19.8. The van der Waals surface area contributed by atoms with E-state index < -0.39 is 6.10 Å². The summed E-state index contributed by atoms with van der Waals surface area (Å²) in [7, 11) is 1.67. The van der Waals surface area contributed by atoms with Crippen LogP contribution in [0.3, 0.4) is 0 Å². The fourth-order valence-corrected chi connectivity index (χ4v) is 3.52. The van der Waals surface area contributed by atoms with Gasteiger partial charge in [0.05, 0.1) is 13.2 Å². The van der Waals surface area contributed by atoms with Crippen LogP contribution < -0.4 is 9.47 Å². The summed E-state index contributed by atoms with van der Waals surface area (Å²) in [5.41, 5.74) is 2.26. The summed E-state index contributed by atoms with van der Waals surface area (Å²) < 4.78 is 16.9. The maximum atomic E-state index is 10.6. The van der Waals surface area contributed by atoms with Crippen LogP contribution in [-0.2, 0) is 11.3 Å². The smallest absolute Gasteiger partial charge is 0.122 e. The summed E-state index contributed by atoms with van der Waals surface area (Å²) in [6.45, 7) is 5.22. The lowest BCUT2D eigenvalue weighted by Crippen LogP contribution is -2.39. The molecule has 2 atom stereocenters. The highest BCUT2D eigenvalue weighted by Crippen LogP contribution is 2.19. The fourth-order valence-electron chi connectivity index (χ4n) is 3.52. The van der Waals surface area contributed by atoms with E-state index in [0.29, 0.717) is 6.54 Å². The second-order valence-corrected chi connectivity index (χ2v) is 7.41. The molecule has 1 aliphatic rings. The predicted molar refractivity (Wildman–Crippen MR) is 110 cm³/mol. The van der Waals surface area contributed by atoms with E-state index >= 15 is 0 Å². The molecule has 0 radical (unpaired) electrons. The van der Waals surface area contributed by atoms with Crippen molar-refractivity contribution in [2.75, 3.05) is 33.4 Å². The Bertz CT molecular complexity index is 713. The second-order valence-electron chi connectivity index (χ2n) is 7.41. The van der Waals surface area contributed by atoms with Crippen molar-refractivity contribution in [3.05, 3.63) is 59.7 Å². The maximum absolute atomic E-state index is 10.6. The number of benzene rings is 2. The number of rotatable bonds is 10. The van der Waals surface area contributed by atoms with Crippen LogP contribution in [0.15, 0.2) is 48.5 Å². The lowest BCUT2D eigenvalue weighted by atomic mass is 10.1. The minimum absolute atomic E-state index is 0.239. The second kappa shape index (κ2) is 10.5. The molecule has 5 nitrogen and oxygen atoms in total. The highest BCUT2D eigenvalue weighted by molar-refractivity contribution is 5.31. The molecule has 3 rings (SSSR count). The molecule has 28 heavy (non-hydrogen) atoms. The normalized spacial score (nSPS) is 17.6. The Balaban J connectivity index is 1.57. The van der Waals surface area contributed by atoms with Crippen LogP contribution in [0.2, 0.25) is 0 Å². The van der Waals surface area contributed by atoms with Gasteiger partial charge in [0, 0.05) is 26.2 Å². The van der Waals surface area contributed by atoms with E-state index in [4.69, 9.17) is 14.2 Å². The van der Waals surface area contributed by atoms with Gasteiger partial charge < -0.3 is 19.3 Å². The van der Waals surface area contributed by atoms with Crippen LogP contribution in [0.4, 0.5) is 0 Å². The zero-order valence-corrected chi connectivity index (χ0v) is 16.8. The summed E-state index contributed by atoms with van der Waals surface area (Å²) in [5.74, 6) is 1.67. The van der Waals surface area contributed by atoms with E-state index in [1.54, 1.807) is 7.11 Å². The topological polar surface area (TPSA) is 51.2 Å². The number of methoxy groups -OCH3 is 1. The van der Waals surface area contributed by atoms with Crippen LogP contribution in [0.1, 0.15) is 24.0 Å². The fraction of sp³-hybridized carbons (Fsp3) is 0.478. The third-order valence-electron chi connectivity index (χ3n) is 5.04. The van der Waals surface area contributed by atoms with Gasteiger partial charge in [0.25, 0.3) is 0 Å². The molecule has 2 aromatic rings. The molecule has 0 unspecified atom stereocenters. The van der Waals surface area contributed by atoms with Crippen molar-refractivity contribution in [1.29, 1.82) is 0 Å². The van der Waals surface area contributed by atoms with Crippen molar-refractivity contribution in [2.45, 2.75) is 38.5 Å². The molecule has 0 bridgehead atoms. The van der Waals surface area contributed by atoms with Crippen molar-refractivity contribution in [1.82, 2.24) is 4.90 Å². The van der Waals surface area contributed by atoms with Crippen molar-refractivity contribution in [3.8, 4) is 11.5 Å². The minimum Gasteiger partial charge on any atom is -0.497 e. The Morgan fingerprint density at radius 1 is 1.18 bits per heavy atom. The Kier molecular flexibility index (Phi) is 7.71. The lowest BCUT2D eigenvalue weighted by molar-refractivity contribution is 0.0312. The SMILES string of the molecule is COc1ccc(CN(C[C@@H](O)COc2ccccc2C)C[C@H]2CCCO2)cc1. The average Bonchev–Trinajstić information content (AvgIpc) is 3.21. The first kappa shape index (κ1) is 20.6. The van der Waals surface area contributed by atoms with Gasteiger partial charge in [-0.3, -0.25) is 4.90 Å². The van der Waals surface area contributed by atoms with Gasteiger partial charge in [-0.1, -0.05) is 30.3 Å². The van der Waals surface area contributed by atoms with Crippen LogP contribution in [0, 0.1) is 6.92 Å². The Morgan fingerprint density at radius 3 is 2.64 bits per heavy atom. The molecule has 1 fully saturated rings. The van der Waals surface area contributed by atoms with Gasteiger partial charge in [0.1, 0.15) is 24.2 Å². The van der Waals surface area contributed by atoms with Gasteiger partial charge in [0.15, 0.2) is 0 Å². The average molecular weight is 386 g/mol. The van der Waals surface area contributed by atoms with Crippen LogP contribution in [-0.4, -0.2) is 55.6 Å². The molecule has 0 aliphatic carbocycles. The molecule has 1 aliphatic heterocycles. The van der Waals surface area contributed by atoms with Gasteiger partial charge in [-0.2, -0.15) is 0 Å². The molecule has 0 amide bonds. The van der Waals surface area contributed by atoms with Crippen molar-refractivity contribution in [3.63, 3.8) is 0 Å². The Morgan fingerprint density at radius 2 is 1.96 bits per heavy atom. The molecule has 0 aromatic heterocycles. The number of aliphatic hydroxyl groups is 1. The van der Waals surface area contributed by atoms with Gasteiger partial charge in [-0.05, 0) is 49.1 Å². The molecule has 0 spiro atoms. The first-order chi connectivity index (χ1) is 13.6. The van der Waals surface area contributed by atoms with E-state index in [-0.39, 0.29) is 12.7 Å². The first-order valence-electron chi connectivity index (χ1n) is 9.97. The Hall–Kier alpha value is -2.08. The first-order valence-corrected chi connectivity index (χ1v) is 9.97. The molecule has 1 N–H and O–H groups in total. The molecule has 1 heterocycles. The standard InChI is InChI=1S/C23H31NO4/c1-18-6-3-4-8-23(18)28-17-20(25)15-24(16-22-7-5-13-27-22)14-19-9-11-21(26-2)12-10-19/h3-4,6,8-12,20,22,25H,5,7,13-17H2,1-2H3/t20-,22-/m1/s1. The van der Waals surface area contributed by atoms with Crippen LogP contribution in [0.5, 0.6) is 11.5 Å². The van der Waals surface area contributed by atoms with E-state index in [9.17, 15) is 5.11 Å². The molecule has 152 valence electrons. The highest BCUT2D eigenvalue weighted by atomic mass is 16.5. The maximum Gasteiger partial charge on any atom is 0.122 e. The zero-order valence-electron chi connectivity index (χ0n) is 16.8. The number of aliphatic hydroxyl groups excluding tert-OH is 1. The van der Waals surface area contributed by atoms with Gasteiger partial charge >= 0.3 is 0 Å². The number of ether oxygens (including phenoxy) is 3. The van der Waals surface area contributed by atoms with Gasteiger partial charge in [-0.25, -0.2) is 0 Å².